The molecule has 0 heterocycles. The summed E-state index contributed by atoms with van der Waals surface area (Å²) in [4.78, 5) is 0. The lowest BCUT2D eigenvalue weighted by Gasteiger charge is -2.49. The Morgan fingerprint density at radius 1 is 0.594 bits per heavy atom. The summed E-state index contributed by atoms with van der Waals surface area (Å²) in [7, 11) is -1.33. The van der Waals surface area contributed by atoms with E-state index in [1.807, 2.05) is 0 Å². The predicted octanol–water partition coefficient (Wildman–Crippen LogP) is 9.92. The molecule has 4 aliphatic carbocycles. The van der Waals surface area contributed by atoms with Crippen LogP contribution in [0.4, 0.5) is 0 Å². The number of rotatable bonds is 3. The molecule has 0 aromatic heterocycles. The molecular formula is C31H58Si. The standard InChI is InChI=1S/C31H58Si/c1-19-18-28-26(24-14-16-25(17-15-24)31(6,7)8)12-11-13-27(28)29(19)32(9,10)30-22(4)20(2)21(3)23(30)5/h19-30H,11-18H2,1-10H3. The molecule has 4 saturated carbocycles. The first kappa shape index (κ1) is 25.3. The Morgan fingerprint density at radius 3 is 1.66 bits per heavy atom. The fraction of sp³-hybridized carbons (Fsp3) is 1.00. The minimum Gasteiger partial charge on any atom is -0.0689 e. The van der Waals surface area contributed by atoms with Crippen molar-refractivity contribution in [3.05, 3.63) is 0 Å². The lowest BCUT2D eigenvalue weighted by Crippen LogP contribution is -2.46. The Kier molecular flexibility index (Phi) is 7.13. The summed E-state index contributed by atoms with van der Waals surface area (Å²) in [6.45, 7) is 26.3. The molecule has 4 rings (SSSR count). The summed E-state index contributed by atoms with van der Waals surface area (Å²) in [5.41, 5.74) is 2.65. The molecule has 4 aliphatic rings. The molecule has 0 N–H and O–H groups in total. The molecule has 0 saturated heterocycles. The van der Waals surface area contributed by atoms with Crippen LogP contribution in [0.3, 0.4) is 0 Å². The third-order valence-corrected chi connectivity index (χ3v) is 18.3. The smallest absolute Gasteiger partial charge is 0.0546 e. The molecule has 0 amide bonds. The van der Waals surface area contributed by atoms with Crippen molar-refractivity contribution in [2.45, 2.75) is 131 Å². The number of hydrogen-bond donors (Lipinski definition) is 0. The Hall–Kier alpha value is 0.217. The first-order valence-corrected chi connectivity index (χ1v) is 18.0. The molecule has 0 aromatic carbocycles. The highest BCUT2D eigenvalue weighted by Gasteiger charge is 2.59. The van der Waals surface area contributed by atoms with E-state index in [0.717, 1.165) is 70.3 Å². The molecule has 0 radical (unpaired) electrons. The number of hydrogen-bond acceptors (Lipinski definition) is 0. The summed E-state index contributed by atoms with van der Waals surface area (Å²) in [5.74, 6) is 9.98. The quantitative estimate of drug-likeness (QED) is 0.369. The van der Waals surface area contributed by atoms with Gasteiger partial charge in [-0.3, -0.25) is 0 Å². The maximum absolute atomic E-state index is 2.86. The Bertz CT molecular complexity index is 621. The Balaban J connectivity index is 1.51. The van der Waals surface area contributed by atoms with Gasteiger partial charge < -0.3 is 0 Å². The summed E-state index contributed by atoms with van der Waals surface area (Å²) in [6, 6.07) is 0. The van der Waals surface area contributed by atoms with Crippen molar-refractivity contribution in [1.29, 1.82) is 0 Å². The molecule has 4 fully saturated rings. The average molecular weight is 459 g/mol. The minimum absolute atomic E-state index is 0.519. The van der Waals surface area contributed by atoms with Gasteiger partial charge in [0, 0.05) is 0 Å². The fourth-order valence-corrected chi connectivity index (χ4v) is 18.0. The van der Waals surface area contributed by atoms with Crippen LogP contribution in [-0.2, 0) is 0 Å². The van der Waals surface area contributed by atoms with Crippen LogP contribution < -0.4 is 0 Å². The van der Waals surface area contributed by atoms with E-state index in [0.29, 0.717) is 5.41 Å². The van der Waals surface area contributed by atoms with Gasteiger partial charge in [0.15, 0.2) is 0 Å². The molecule has 0 aliphatic heterocycles. The van der Waals surface area contributed by atoms with Gasteiger partial charge >= 0.3 is 0 Å². The molecule has 9 unspecified atom stereocenters. The van der Waals surface area contributed by atoms with Crippen molar-refractivity contribution in [1.82, 2.24) is 0 Å². The molecule has 32 heavy (non-hydrogen) atoms. The van der Waals surface area contributed by atoms with E-state index in [1.165, 1.54) is 12.8 Å². The lowest BCUT2D eigenvalue weighted by molar-refractivity contribution is 0.0637. The molecule has 186 valence electrons. The van der Waals surface area contributed by atoms with Gasteiger partial charge in [-0.25, -0.2) is 0 Å². The highest BCUT2D eigenvalue weighted by Crippen LogP contribution is 2.65. The average Bonchev–Trinajstić information content (AvgIpc) is 3.16. The molecule has 1 heteroatoms. The second kappa shape index (κ2) is 9.02. The molecule has 0 bridgehead atoms. The maximum Gasteiger partial charge on any atom is 0.0546 e. The van der Waals surface area contributed by atoms with Crippen molar-refractivity contribution < 1.29 is 0 Å². The zero-order chi connectivity index (χ0) is 23.6. The third kappa shape index (κ3) is 4.22. The van der Waals surface area contributed by atoms with E-state index in [4.69, 9.17) is 0 Å². The van der Waals surface area contributed by atoms with Crippen molar-refractivity contribution in [3.8, 4) is 0 Å². The largest absolute Gasteiger partial charge is 0.0689 e. The molecule has 0 aromatic rings. The second-order valence-electron chi connectivity index (χ2n) is 15.4. The monoisotopic (exact) mass is 458 g/mol. The van der Waals surface area contributed by atoms with Gasteiger partial charge in [-0.15, -0.1) is 0 Å². The number of fused-ring (bicyclic) bond motifs is 1. The van der Waals surface area contributed by atoms with Crippen LogP contribution in [0.1, 0.15) is 107 Å². The van der Waals surface area contributed by atoms with Gasteiger partial charge in [-0.05, 0) is 114 Å². The van der Waals surface area contributed by atoms with Crippen LogP contribution >= 0.6 is 0 Å². The van der Waals surface area contributed by atoms with E-state index < -0.39 is 8.07 Å². The summed E-state index contributed by atoms with van der Waals surface area (Å²) in [5, 5.41) is 0. The zero-order valence-electron chi connectivity index (χ0n) is 23.6. The molecule has 9 atom stereocenters. The van der Waals surface area contributed by atoms with Gasteiger partial charge in [0.2, 0.25) is 0 Å². The van der Waals surface area contributed by atoms with Gasteiger partial charge in [0.1, 0.15) is 0 Å². The first-order chi connectivity index (χ1) is 14.9. The van der Waals surface area contributed by atoms with Crippen molar-refractivity contribution >= 4 is 8.07 Å². The van der Waals surface area contributed by atoms with Crippen molar-refractivity contribution in [2.75, 3.05) is 0 Å². The van der Waals surface area contributed by atoms with Gasteiger partial charge in [-0.1, -0.05) is 81.3 Å². The minimum atomic E-state index is -1.33. The summed E-state index contributed by atoms with van der Waals surface area (Å²) in [6.07, 6.45) is 12.4. The second-order valence-corrected chi connectivity index (χ2v) is 20.4. The lowest BCUT2D eigenvalue weighted by atomic mass is 9.61. The molecule has 0 spiro atoms. The van der Waals surface area contributed by atoms with Crippen LogP contribution in [0.15, 0.2) is 0 Å². The zero-order valence-corrected chi connectivity index (χ0v) is 24.6. The Morgan fingerprint density at radius 2 is 1.12 bits per heavy atom. The van der Waals surface area contributed by atoms with Gasteiger partial charge in [0.25, 0.3) is 0 Å². The topological polar surface area (TPSA) is 0 Å². The third-order valence-electron chi connectivity index (χ3n) is 12.8. The van der Waals surface area contributed by atoms with E-state index in [9.17, 15) is 0 Å². The van der Waals surface area contributed by atoms with E-state index in [2.05, 4.69) is 68.5 Å². The summed E-state index contributed by atoms with van der Waals surface area (Å²) < 4.78 is 0. The van der Waals surface area contributed by atoms with Gasteiger partial charge in [0.05, 0.1) is 8.07 Å². The van der Waals surface area contributed by atoms with Crippen molar-refractivity contribution in [2.24, 2.45) is 64.6 Å². The van der Waals surface area contributed by atoms with E-state index in [1.54, 1.807) is 38.5 Å². The predicted molar refractivity (Wildman–Crippen MR) is 145 cm³/mol. The SMILES string of the molecule is CC1CC2C(C3CCC(C(C)(C)C)CC3)CCCC2C1[Si](C)(C)C1C(C)C(C)C(C)C1C. The Labute approximate surface area is 203 Å². The van der Waals surface area contributed by atoms with Crippen LogP contribution in [-0.4, -0.2) is 8.07 Å². The first-order valence-electron chi connectivity index (χ1n) is 14.9. The molecule has 0 nitrogen and oxygen atoms in total. The highest BCUT2D eigenvalue weighted by atomic mass is 28.3. The van der Waals surface area contributed by atoms with E-state index >= 15 is 0 Å². The fourth-order valence-electron chi connectivity index (χ4n) is 11.1. The highest BCUT2D eigenvalue weighted by molar-refractivity contribution is 6.80. The van der Waals surface area contributed by atoms with Crippen molar-refractivity contribution in [3.63, 3.8) is 0 Å². The van der Waals surface area contributed by atoms with Gasteiger partial charge in [-0.2, -0.15) is 0 Å². The van der Waals surface area contributed by atoms with E-state index in [-0.39, 0.29) is 0 Å². The van der Waals surface area contributed by atoms with Crippen LogP contribution in [0, 0.1) is 64.6 Å². The van der Waals surface area contributed by atoms with Crippen LogP contribution in [0.5, 0.6) is 0 Å². The normalized spacial score (nSPS) is 50.4. The maximum atomic E-state index is 2.86. The summed E-state index contributed by atoms with van der Waals surface area (Å²) >= 11 is 0. The molecular weight excluding hydrogens is 400 g/mol. The van der Waals surface area contributed by atoms with Crippen LogP contribution in [0.25, 0.3) is 0 Å². The van der Waals surface area contributed by atoms with Crippen LogP contribution in [0.2, 0.25) is 24.2 Å².